The number of hydrogen-bond acceptors (Lipinski definition) is 6. The van der Waals surface area contributed by atoms with E-state index in [1.165, 1.54) is 24.3 Å². The van der Waals surface area contributed by atoms with E-state index in [4.69, 9.17) is 19.7 Å². The van der Waals surface area contributed by atoms with E-state index in [1.54, 1.807) is 30.3 Å². The molecule has 0 bridgehead atoms. The van der Waals surface area contributed by atoms with Gasteiger partial charge in [0.15, 0.2) is 0 Å². The van der Waals surface area contributed by atoms with Crippen LogP contribution in [0.1, 0.15) is 21.5 Å². The molecule has 0 unspecified atom stereocenters. The first-order valence-corrected chi connectivity index (χ1v) is 11.5. The average molecular weight is 551 g/mol. The number of phenolic OH excluding ortho intramolecular Hbond substituents is 3. The molecule has 5 aromatic rings. The summed E-state index contributed by atoms with van der Waals surface area (Å²) < 4.78 is 5.82. The molecule has 0 amide bonds. The molecular formula is C28H23BrO7. The van der Waals surface area contributed by atoms with Crippen LogP contribution in [0, 0.1) is 13.8 Å². The van der Waals surface area contributed by atoms with Gasteiger partial charge in [-0.2, -0.15) is 0 Å². The lowest BCUT2D eigenvalue weighted by Crippen LogP contribution is -1.99. The van der Waals surface area contributed by atoms with Crippen molar-refractivity contribution in [3.63, 3.8) is 0 Å². The number of carbonyl (C=O) groups is 1. The van der Waals surface area contributed by atoms with Gasteiger partial charge in [-0.15, -0.1) is 0 Å². The van der Waals surface area contributed by atoms with Gasteiger partial charge in [-0.1, -0.05) is 35.4 Å². The van der Waals surface area contributed by atoms with Crippen molar-refractivity contribution in [2.45, 2.75) is 13.8 Å². The molecule has 184 valence electrons. The second-order valence-corrected chi connectivity index (χ2v) is 8.78. The molecular weight excluding hydrogens is 528 g/mol. The second-order valence-electron chi connectivity index (χ2n) is 7.93. The van der Waals surface area contributed by atoms with Gasteiger partial charge in [0.05, 0.1) is 10.9 Å². The number of aromatic hydroxyl groups is 3. The third-order valence-electron chi connectivity index (χ3n) is 5.04. The van der Waals surface area contributed by atoms with E-state index in [1.807, 2.05) is 38.1 Å². The van der Waals surface area contributed by atoms with Gasteiger partial charge in [0.1, 0.15) is 22.8 Å². The Labute approximate surface area is 214 Å². The molecule has 7 nitrogen and oxygen atoms in total. The summed E-state index contributed by atoms with van der Waals surface area (Å²) in [5.41, 5.74) is 2.31. The van der Waals surface area contributed by atoms with Crippen molar-refractivity contribution in [1.29, 1.82) is 0 Å². The molecule has 1 aromatic heterocycles. The molecule has 4 aromatic carbocycles. The summed E-state index contributed by atoms with van der Waals surface area (Å²) in [6.45, 7) is 3.79. The van der Waals surface area contributed by atoms with Crippen molar-refractivity contribution in [3.05, 3.63) is 110 Å². The zero-order valence-corrected chi connectivity index (χ0v) is 21.0. The maximum atomic E-state index is 11.8. The Morgan fingerprint density at radius 1 is 0.722 bits per heavy atom. The minimum absolute atomic E-state index is 0.0880. The van der Waals surface area contributed by atoms with Gasteiger partial charge < -0.3 is 24.8 Å². The largest absolute Gasteiger partial charge is 0.508 e. The number of aryl methyl sites for hydroxylation is 2. The average Bonchev–Trinajstić information content (AvgIpc) is 2.81. The van der Waals surface area contributed by atoms with E-state index >= 15 is 0 Å². The molecule has 0 aliphatic carbocycles. The van der Waals surface area contributed by atoms with Gasteiger partial charge in [-0.25, -0.2) is 9.59 Å². The zero-order valence-electron chi connectivity index (χ0n) is 19.4. The normalized spacial score (nSPS) is 10.2. The van der Waals surface area contributed by atoms with Crippen LogP contribution < -0.4 is 5.63 Å². The van der Waals surface area contributed by atoms with Gasteiger partial charge in [0, 0.05) is 22.0 Å². The topological polar surface area (TPSA) is 128 Å². The predicted molar refractivity (Wildman–Crippen MR) is 142 cm³/mol. The van der Waals surface area contributed by atoms with Crippen molar-refractivity contribution >= 4 is 43.6 Å². The van der Waals surface area contributed by atoms with Crippen LogP contribution >= 0.6 is 15.9 Å². The Bertz CT molecular complexity index is 1590. The van der Waals surface area contributed by atoms with Crippen LogP contribution in [0.5, 0.6) is 17.2 Å². The third-order valence-corrected chi connectivity index (χ3v) is 5.73. The maximum absolute atomic E-state index is 11.8. The fourth-order valence-corrected chi connectivity index (χ4v) is 3.75. The van der Waals surface area contributed by atoms with Crippen molar-refractivity contribution in [2.75, 3.05) is 0 Å². The van der Waals surface area contributed by atoms with Crippen LogP contribution in [0.3, 0.4) is 0 Å². The third kappa shape index (κ3) is 6.64. The van der Waals surface area contributed by atoms with Crippen LogP contribution in [0.15, 0.2) is 92.5 Å². The summed E-state index contributed by atoms with van der Waals surface area (Å²) in [6, 6.07) is 21.5. The van der Waals surface area contributed by atoms with Crippen LogP contribution in [0.2, 0.25) is 0 Å². The summed E-state index contributed by atoms with van der Waals surface area (Å²) in [5, 5.41) is 37.6. The highest BCUT2D eigenvalue weighted by molar-refractivity contribution is 9.10. The number of halogens is 1. The number of carboxylic acid groups (broad SMARTS) is 1. The highest BCUT2D eigenvalue weighted by Crippen LogP contribution is 2.26. The van der Waals surface area contributed by atoms with Crippen LogP contribution in [0.25, 0.3) is 21.7 Å². The minimum Gasteiger partial charge on any atom is -0.508 e. The van der Waals surface area contributed by atoms with E-state index in [9.17, 15) is 14.7 Å². The van der Waals surface area contributed by atoms with Gasteiger partial charge in [-0.3, -0.25) is 0 Å². The van der Waals surface area contributed by atoms with Gasteiger partial charge in [0.25, 0.3) is 0 Å². The van der Waals surface area contributed by atoms with E-state index in [2.05, 4.69) is 15.9 Å². The molecule has 0 fully saturated rings. The molecule has 5 rings (SSSR count). The molecule has 0 spiro atoms. The monoisotopic (exact) mass is 550 g/mol. The fraction of sp³-hybridized carbons (Fsp3) is 0.0714. The number of hydrogen-bond donors (Lipinski definition) is 4. The summed E-state index contributed by atoms with van der Waals surface area (Å²) in [6.07, 6.45) is 0. The molecule has 0 aliphatic heterocycles. The standard InChI is InChI=1S/C14H10O3.C8H7BrO2.C6H6O2/c1-8-2-4-10-11-5-3-9(15)7-13(11)17-14(16)12(10)6-8;1-5-2-3-7(9)6(4-5)8(10)11;7-5-2-1-3-6(8)4-5/h2-7,15H,1H3;2-4H,1H3,(H,10,11);1-4,7-8H. The van der Waals surface area contributed by atoms with Gasteiger partial charge >= 0.3 is 11.6 Å². The summed E-state index contributed by atoms with van der Waals surface area (Å²) >= 11 is 3.15. The van der Waals surface area contributed by atoms with Crippen LogP contribution in [-0.2, 0) is 0 Å². The van der Waals surface area contributed by atoms with E-state index < -0.39 is 5.97 Å². The summed E-state index contributed by atoms with van der Waals surface area (Å²) in [5.74, 6) is -0.636. The number of benzene rings is 4. The first kappa shape index (κ1) is 26.3. The lowest BCUT2D eigenvalue weighted by Gasteiger charge is -2.03. The zero-order chi connectivity index (χ0) is 26.4. The molecule has 0 atom stereocenters. The molecule has 0 saturated heterocycles. The highest BCUT2D eigenvalue weighted by atomic mass is 79.9. The van der Waals surface area contributed by atoms with Crippen molar-refractivity contribution < 1.29 is 29.6 Å². The number of rotatable bonds is 1. The lowest BCUT2D eigenvalue weighted by molar-refractivity contribution is 0.0695. The number of fused-ring (bicyclic) bond motifs is 3. The smallest absolute Gasteiger partial charge is 0.344 e. The number of carboxylic acids is 1. The molecule has 8 heteroatoms. The Morgan fingerprint density at radius 3 is 1.89 bits per heavy atom. The summed E-state index contributed by atoms with van der Waals surface area (Å²) in [7, 11) is 0. The molecule has 36 heavy (non-hydrogen) atoms. The van der Waals surface area contributed by atoms with Crippen LogP contribution in [0.4, 0.5) is 0 Å². The van der Waals surface area contributed by atoms with Crippen molar-refractivity contribution in [3.8, 4) is 17.2 Å². The highest BCUT2D eigenvalue weighted by Gasteiger charge is 2.08. The Hall–Kier alpha value is -4.30. The fourth-order valence-electron chi connectivity index (χ4n) is 3.33. The molecule has 0 aliphatic rings. The quantitative estimate of drug-likeness (QED) is 0.138. The Kier molecular flexibility index (Phi) is 8.34. The molecule has 4 N–H and O–H groups in total. The van der Waals surface area contributed by atoms with E-state index in [0.717, 1.165) is 21.9 Å². The SMILES string of the molecule is Cc1ccc(Br)c(C(=O)O)c1.Cc1ccc2c(c1)c(=O)oc1cc(O)ccc12.Oc1cccc(O)c1. The molecule has 0 saturated carbocycles. The Morgan fingerprint density at radius 2 is 1.31 bits per heavy atom. The number of phenols is 3. The van der Waals surface area contributed by atoms with Crippen molar-refractivity contribution in [1.82, 2.24) is 0 Å². The van der Waals surface area contributed by atoms with Crippen LogP contribution in [-0.4, -0.2) is 26.4 Å². The number of aromatic carboxylic acids is 1. The van der Waals surface area contributed by atoms with Crippen molar-refractivity contribution in [2.24, 2.45) is 0 Å². The lowest BCUT2D eigenvalue weighted by atomic mass is 10.1. The molecule has 0 radical (unpaired) electrons. The predicted octanol–water partition coefficient (Wildman–Crippen LogP) is 6.51. The first-order chi connectivity index (χ1) is 17.0. The second kappa shape index (κ2) is 11.4. The van der Waals surface area contributed by atoms with Gasteiger partial charge in [-0.05, 0) is 77.6 Å². The van der Waals surface area contributed by atoms with Gasteiger partial charge in [0.2, 0.25) is 0 Å². The minimum atomic E-state index is -0.902. The first-order valence-electron chi connectivity index (χ1n) is 10.7. The maximum Gasteiger partial charge on any atom is 0.344 e. The Balaban J connectivity index is 0.000000164. The van der Waals surface area contributed by atoms with E-state index in [-0.39, 0.29) is 22.9 Å². The molecule has 1 heterocycles. The van der Waals surface area contributed by atoms with E-state index in [0.29, 0.717) is 21.0 Å². The summed E-state index contributed by atoms with van der Waals surface area (Å²) in [4.78, 5) is 22.4.